The molecule has 0 atom stereocenters. The molecule has 0 bridgehead atoms. The first-order valence-corrected chi connectivity index (χ1v) is 11.4. The summed E-state index contributed by atoms with van der Waals surface area (Å²) in [6.07, 6.45) is 0.400. The molecule has 2 aromatic carbocycles. The lowest BCUT2D eigenvalue weighted by Gasteiger charge is -2.26. The minimum absolute atomic E-state index is 0.0461. The van der Waals surface area contributed by atoms with Crippen LogP contribution in [0.2, 0.25) is 0 Å². The Bertz CT molecular complexity index is 1110. The number of fused-ring (bicyclic) bond motifs is 1. The Morgan fingerprint density at radius 2 is 1.74 bits per heavy atom. The molecule has 2 aliphatic heterocycles. The minimum atomic E-state index is -4.54. The van der Waals surface area contributed by atoms with Crippen LogP contribution in [0.3, 0.4) is 0 Å². The summed E-state index contributed by atoms with van der Waals surface area (Å²) >= 11 is 0. The van der Waals surface area contributed by atoms with Gasteiger partial charge in [-0.05, 0) is 55.8 Å². The summed E-state index contributed by atoms with van der Waals surface area (Å²) in [6.45, 7) is 3.32. The summed E-state index contributed by atoms with van der Waals surface area (Å²) in [4.78, 5) is 6.68. The quantitative estimate of drug-likeness (QED) is 0.458. The van der Waals surface area contributed by atoms with Gasteiger partial charge in [0.05, 0.1) is 11.3 Å². The number of benzene rings is 2. The van der Waals surface area contributed by atoms with Gasteiger partial charge in [-0.3, -0.25) is 0 Å². The van der Waals surface area contributed by atoms with Gasteiger partial charge in [0, 0.05) is 24.2 Å². The van der Waals surface area contributed by atoms with Crippen LogP contribution in [0.4, 0.5) is 18.9 Å². The first-order valence-electron chi connectivity index (χ1n) is 11.4. The Kier molecular flexibility index (Phi) is 7.12. The van der Waals surface area contributed by atoms with Gasteiger partial charge >= 0.3 is 6.18 Å². The molecule has 2 aliphatic rings. The number of alkyl halides is 3. The third-order valence-electron chi connectivity index (χ3n) is 5.97. The fourth-order valence-electron chi connectivity index (χ4n) is 4.22. The van der Waals surface area contributed by atoms with Crippen molar-refractivity contribution in [1.29, 1.82) is 0 Å². The third-order valence-corrected chi connectivity index (χ3v) is 5.97. The zero-order valence-electron chi connectivity index (χ0n) is 18.8. The van der Waals surface area contributed by atoms with Crippen LogP contribution in [0.15, 0.2) is 71.2 Å². The van der Waals surface area contributed by atoms with Crippen molar-refractivity contribution in [2.45, 2.75) is 25.4 Å². The molecule has 2 heterocycles. The zero-order valence-corrected chi connectivity index (χ0v) is 18.8. The van der Waals surface area contributed by atoms with E-state index in [1.807, 2.05) is 24.3 Å². The standard InChI is InChI=1S/C25H29F3N6/c26-25(27,28)20-10-4-2-8-17(20)19(23(30)31-12-15-34-13-6-1-7-14-34)16-22(29)33-24-18-9-3-5-11-21(18)32-24/h2-5,8-11,16,31H,1,6-7,12-15,29-30H2,(H,32,33)/b22-16+,23-19-. The Balaban J connectivity index is 1.63. The summed E-state index contributed by atoms with van der Waals surface area (Å²) in [5.74, 6) is 0.730. The summed E-state index contributed by atoms with van der Waals surface area (Å²) < 4.78 is 41.3. The number of aliphatic imine (C=N–C) groups is 1. The molecule has 4 rings (SSSR count). The molecule has 180 valence electrons. The van der Waals surface area contributed by atoms with Crippen LogP contribution in [0.5, 0.6) is 0 Å². The lowest BCUT2D eigenvalue weighted by atomic mass is 9.98. The predicted octanol–water partition coefficient (Wildman–Crippen LogP) is 4.08. The second kappa shape index (κ2) is 10.2. The molecule has 0 radical (unpaired) electrons. The SMILES string of the molecule is N/C(NCCN1CCCCC1)=C(\C=C(/N)N=C1Nc2ccccc21)c1ccccc1C(F)(F)F. The van der Waals surface area contributed by atoms with Gasteiger partial charge in [-0.1, -0.05) is 36.8 Å². The molecule has 6 N–H and O–H groups in total. The minimum Gasteiger partial charge on any atom is -0.385 e. The Labute approximate surface area is 197 Å². The second-order valence-corrected chi connectivity index (χ2v) is 8.40. The van der Waals surface area contributed by atoms with Gasteiger partial charge in [-0.15, -0.1) is 0 Å². The van der Waals surface area contributed by atoms with E-state index in [9.17, 15) is 13.2 Å². The van der Waals surface area contributed by atoms with Crippen molar-refractivity contribution in [3.05, 3.63) is 82.9 Å². The smallest absolute Gasteiger partial charge is 0.385 e. The number of hydrogen-bond donors (Lipinski definition) is 4. The Morgan fingerprint density at radius 1 is 1.03 bits per heavy atom. The Morgan fingerprint density at radius 3 is 2.47 bits per heavy atom. The topological polar surface area (TPSA) is 91.7 Å². The van der Waals surface area contributed by atoms with Crippen molar-refractivity contribution in [2.24, 2.45) is 16.5 Å². The largest absolute Gasteiger partial charge is 0.417 e. The molecule has 0 aliphatic carbocycles. The van der Waals surface area contributed by atoms with Crippen LogP contribution >= 0.6 is 0 Å². The van der Waals surface area contributed by atoms with Gasteiger partial charge in [0.1, 0.15) is 17.5 Å². The maximum absolute atomic E-state index is 13.8. The van der Waals surface area contributed by atoms with Crippen molar-refractivity contribution in [2.75, 3.05) is 31.5 Å². The van der Waals surface area contributed by atoms with E-state index < -0.39 is 11.7 Å². The number of para-hydroxylation sites is 1. The molecule has 1 saturated heterocycles. The van der Waals surface area contributed by atoms with Gasteiger partial charge in [-0.2, -0.15) is 13.2 Å². The highest BCUT2D eigenvalue weighted by atomic mass is 19.4. The van der Waals surface area contributed by atoms with E-state index in [0.717, 1.165) is 49.8 Å². The summed E-state index contributed by atoms with van der Waals surface area (Å²) in [5, 5.41) is 6.18. The first-order chi connectivity index (χ1) is 16.3. The van der Waals surface area contributed by atoms with Crippen LogP contribution < -0.4 is 22.1 Å². The highest BCUT2D eigenvalue weighted by molar-refractivity contribution is 6.21. The number of allylic oxidation sites excluding steroid dienone is 2. The van der Waals surface area contributed by atoms with Gasteiger partial charge in [0.2, 0.25) is 0 Å². The van der Waals surface area contributed by atoms with Crippen molar-refractivity contribution in [3.63, 3.8) is 0 Å². The van der Waals surface area contributed by atoms with Crippen LogP contribution in [0.25, 0.3) is 5.57 Å². The lowest BCUT2D eigenvalue weighted by Crippen LogP contribution is -2.37. The van der Waals surface area contributed by atoms with Gasteiger partial charge in [0.15, 0.2) is 0 Å². The molecule has 0 amide bonds. The molecule has 2 aromatic rings. The number of rotatable bonds is 7. The molecule has 1 fully saturated rings. The molecule has 0 saturated carbocycles. The molecule has 0 unspecified atom stereocenters. The van der Waals surface area contributed by atoms with E-state index >= 15 is 0 Å². The molecule has 6 nitrogen and oxygen atoms in total. The van der Waals surface area contributed by atoms with Gasteiger partial charge in [-0.25, -0.2) is 4.99 Å². The number of nitrogens with zero attached hydrogens (tertiary/aromatic N) is 2. The first kappa shape index (κ1) is 23.7. The molecule has 9 heteroatoms. The van der Waals surface area contributed by atoms with Crippen molar-refractivity contribution in [3.8, 4) is 0 Å². The van der Waals surface area contributed by atoms with Crippen LogP contribution in [-0.4, -0.2) is 36.9 Å². The zero-order chi connectivity index (χ0) is 24.1. The number of piperidine rings is 1. The highest BCUT2D eigenvalue weighted by Gasteiger charge is 2.34. The summed E-state index contributed by atoms with van der Waals surface area (Å²) in [6, 6.07) is 12.9. The van der Waals surface area contributed by atoms with E-state index in [1.54, 1.807) is 6.07 Å². The van der Waals surface area contributed by atoms with Crippen LogP contribution in [-0.2, 0) is 6.18 Å². The van der Waals surface area contributed by atoms with E-state index in [-0.39, 0.29) is 22.8 Å². The molecular formula is C25H29F3N6. The predicted molar refractivity (Wildman–Crippen MR) is 130 cm³/mol. The average molecular weight is 471 g/mol. The number of nitrogens with two attached hydrogens (primary N) is 2. The monoisotopic (exact) mass is 470 g/mol. The molecular weight excluding hydrogens is 441 g/mol. The fraction of sp³-hybridized carbons (Fsp3) is 0.320. The fourth-order valence-corrected chi connectivity index (χ4v) is 4.22. The van der Waals surface area contributed by atoms with Crippen LogP contribution in [0.1, 0.15) is 36.0 Å². The van der Waals surface area contributed by atoms with Crippen molar-refractivity contribution >= 4 is 17.1 Å². The Hall–Kier alpha value is -3.46. The lowest BCUT2D eigenvalue weighted by molar-refractivity contribution is -0.137. The molecule has 34 heavy (non-hydrogen) atoms. The van der Waals surface area contributed by atoms with Crippen molar-refractivity contribution in [1.82, 2.24) is 10.2 Å². The normalized spacial score (nSPS) is 18.6. The van der Waals surface area contributed by atoms with Gasteiger partial charge in [0.25, 0.3) is 0 Å². The van der Waals surface area contributed by atoms with E-state index in [2.05, 4.69) is 20.5 Å². The number of halogens is 3. The maximum atomic E-state index is 13.8. The number of amidine groups is 1. The molecule has 0 aromatic heterocycles. The van der Waals surface area contributed by atoms with Crippen molar-refractivity contribution < 1.29 is 13.2 Å². The summed E-state index contributed by atoms with van der Waals surface area (Å²) in [5.41, 5.74) is 13.6. The van der Waals surface area contributed by atoms with E-state index in [0.29, 0.717) is 12.4 Å². The number of hydrogen-bond acceptors (Lipinski definition) is 5. The second-order valence-electron chi connectivity index (χ2n) is 8.40. The maximum Gasteiger partial charge on any atom is 0.417 e. The van der Waals surface area contributed by atoms with E-state index in [4.69, 9.17) is 11.5 Å². The van der Waals surface area contributed by atoms with Crippen LogP contribution in [0, 0.1) is 0 Å². The third kappa shape index (κ3) is 5.53. The molecule has 0 spiro atoms. The van der Waals surface area contributed by atoms with Gasteiger partial charge < -0.3 is 27.0 Å². The number of anilines is 1. The average Bonchev–Trinajstić information content (AvgIpc) is 2.81. The number of likely N-dealkylation sites (tertiary alicyclic amines) is 1. The summed E-state index contributed by atoms with van der Waals surface area (Å²) in [7, 11) is 0. The van der Waals surface area contributed by atoms with E-state index in [1.165, 1.54) is 24.6 Å². The number of nitrogens with one attached hydrogen (secondary N) is 2. The highest BCUT2D eigenvalue weighted by Crippen LogP contribution is 2.36.